The number of nitrogens with zero attached hydrogens (tertiary/aromatic N) is 2. The van der Waals surface area contributed by atoms with Crippen molar-refractivity contribution in [3.63, 3.8) is 0 Å². The average molecular weight is 388 g/mol. The maximum Gasteiger partial charge on any atom is 0.258 e. The molecule has 0 radical (unpaired) electrons. The standard InChI is InChI=1S/C21H28N2O5/c1-15-2-3-18-17(12-15)20(26)23(14-21(28-18)6-10-27-11-7-21)13-19(25)22-8-4-16(24)5-9-22/h2-3,12,16,24H,4-11,13-14H2,1H3. The highest BCUT2D eigenvalue weighted by Crippen LogP contribution is 2.35. The van der Waals surface area contributed by atoms with E-state index in [4.69, 9.17) is 9.47 Å². The number of hydrogen-bond acceptors (Lipinski definition) is 5. The molecule has 2 amide bonds. The van der Waals surface area contributed by atoms with Gasteiger partial charge in [-0.25, -0.2) is 0 Å². The highest BCUT2D eigenvalue weighted by atomic mass is 16.5. The van der Waals surface area contributed by atoms with Crippen molar-refractivity contribution >= 4 is 11.8 Å². The molecule has 1 aromatic rings. The number of aliphatic hydroxyl groups is 1. The largest absolute Gasteiger partial charge is 0.484 e. The smallest absolute Gasteiger partial charge is 0.258 e. The third kappa shape index (κ3) is 3.86. The van der Waals surface area contributed by atoms with Crippen LogP contribution >= 0.6 is 0 Å². The first-order chi connectivity index (χ1) is 13.5. The second kappa shape index (κ2) is 7.72. The van der Waals surface area contributed by atoms with Crippen molar-refractivity contribution in [2.24, 2.45) is 0 Å². The third-order valence-corrected chi connectivity index (χ3v) is 6.01. The zero-order valence-corrected chi connectivity index (χ0v) is 16.4. The number of aliphatic hydroxyl groups excluding tert-OH is 1. The fourth-order valence-electron chi connectivity index (χ4n) is 4.27. The summed E-state index contributed by atoms with van der Waals surface area (Å²) in [6, 6.07) is 5.64. The molecule has 3 aliphatic heterocycles. The summed E-state index contributed by atoms with van der Waals surface area (Å²) in [5.41, 5.74) is 0.979. The number of carbonyl (C=O) groups is 2. The monoisotopic (exact) mass is 388 g/mol. The second-order valence-electron chi connectivity index (χ2n) is 8.17. The van der Waals surface area contributed by atoms with Gasteiger partial charge in [-0.05, 0) is 31.9 Å². The van der Waals surface area contributed by atoms with Crippen molar-refractivity contribution in [1.82, 2.24) is 9.80 Å². The summed E-state index contributed by atoms with van der Waals surface area (Å²) in [5.74, 6) is 0.361. The Morgan fingerprint density at radius 2 is 1.96 bits per heavy atom. The van der Waals surface area contributed by atoms with Gasteiger partial charge in [0.05, 0.1) is 31.4 Å². The molecule has 7 nitrogen and oxygen atoms in total. The number of hydrogen-bond donors (Lipinski definition) is 1. The van der Waals surface area contributed by atoms with E-state index in [0.717, 1.165) is 5.56 Å². The van der Waals surface area contributed by atoms with Crippen molar-refractivity contribution in [2.75, 3.05) is 39.4 Å². The summed E-state index contributed by atoms with van der Waals surface area (Å²) in [4.78, 5) is 29.5. The van der Waals surface area contributed by atoms with Gasteiger partial charge in [-0.15, -0.1) is 0 Å². The molecule has 0 aromatic heterocycles. The van der Waals surface area contributed by atoms with Crippen LogP contribution in [0, 0.1) is 6.92 Å². The highest BCUT2D eigenvalue weighted by molar-refractivity contribution is 5.99. The normalized spacial score (nSPS) is 22.6. The zero-order valence-electron chi connectivity index (χ0n) is 16.4. The number of amides is 2. The maximum atomic E-state index is 13.3. The molecule has 3 heterocycles. The van der Waals surface area contributed by atoms with Crippen LogP contribution in [0.15, 0.2) is 18.2 Å². The van der Waals surface area contributed by atoms with Gasteiger partial charge in [0.1, 0.15) is 17.9 Å². The first-order valence-electron chi connectivity index (χ1n) is 10.1. The van der Waals surface area contributed by atoms with Crippen molar-refractivity contribution in [3.05, 3.63) is 29.3 Å². The number of likely N-dealkylation sites (tertiary alicyclic amines) is 1. The third-order valence-electron chi connectivity index (χ3n) is 6.01. The van der Waals surface area contributed by atoms with Gasteiger partial charge in [-0.3, -0.25) is 9.59 Å². The van der Waals surface area contributed by atoms with Crippen LogP contribution in [0.4, 0.5) is 0 Å². The molecule has 2 saturated heterocycles. The molecule has 1 aromatic carbocycles. The van der Waals surface area contributed by atoms with Crippen molar-refractivity contribution in [2.45, 2.75) is 44.3 Å². The Labute approximate surface area is 165 Å². The lowest BCUT2D eigenvalue weighted by atomic mass is 9.93. The van der Waals surface area contributed by atoms with Crippen LogP contribution < -0.4 is 4.74 Å². The Morgan fingerprint density at radius 1 is 1.25 bits per heavy atom. The maximum absolute atomic E-state index is 13.3. The Morgan fingerprint density at radius 3 is 2.68 bits per heavy atom. The number of piperidine rings is 1. The number of ether oxygens (including phenoxy) is 2. The van der Waals surface area contributed by atoms with Gasteiger partial charge in [-0.2, -0.15) is 0 Å². The number of fused-ring (bicyclic) bond motifs is 1. The molecule has 7 heteroatoms. The summed E-state index contributed by atoms with van der Waals surface area (Å²) < 4.78 is 11.9. The molecule has 0 unspecified atom stereocenters. The number of benzene rings is 1. The fraction of sp³-hybridized carbons (Fsp3) is 0.619. The van der Waals surface area contributed by atoms with Gasteiger partial charge in [0.15, 0.2) is 0 Å². The summed E-state index contributed by atoms with van der Waals surface area (Å²) in [6.07, 6.45) is 2.22. The Balaban J connectivity index is 1.59. The summed E-state index contributed by atoms with van der Waals surface area (Å²) >= 11 is 0. The van der Waals surface area contributed by atoms with Gasteiger partial charge < -0.3 is 24.4 Å². The molecular formula is C21H28N2O5. The number of aryl methyl sites for hydroxylation is 1. The van der Waals surface area contributed by atoms with Crippen molar-refractivity contribution in [1.29, 1.82) is 0 Å². The Bertz CT molecular complexity index is 751. The lowest BCUT2D eigenvalue weighted by molar-refractivity contribution is -0.134. The molecule has 152 valence electrons. The second-order valence-corrected chi connectivity index (χ2v) is 8.17. The molecule has 2 fully saturated rings. The quantitative estimate of drug-likeness (QED) is 0.828. The predicted octanol–water partition coefficient (Wildman–Crippen LogP) is 1.36. The molecule has 1 spiro atoms. The van der Waals surface area contributed by atoms with E-state index in [1.807, 2.05) is 25.1 Å². The van der Waals surface area contributed by atoms with Gasteiger partial charge in [0.25, 0.3) is 5.91 Å². The Hall–Kier alpha value is -2.12. The first-order valence-corrected chi connectivity index (χ1v) is 10.1. The van der Waals surface area contributed by atoms with Crippen molar-refractivity contribution in [3.8, 4) is 5.75 Å². The van der Waals surface area contributed by atoms with Crippen LogP contribution in [0.3, 0.4) is 0 Å². The van der Waals surface area contributed by atoms with E-state index in [1.165, 1.54) is 0 Å². The molecule has 0 saturated carbocycles. The number of carbonyl (C=O) groups excluding carboxylic acids is 2. The predicted molar refractivity (Wildman–Crippen MR) is 102 cm³/mol. The molecule has 3 aliphatic rings. The van der Waals surface area contributed by atoms with Gasteiger partial charge in [-0.1, -0.05) is 11.6 Å². The van der Waals surface area contributed by atoms with Gasteiger partial charge in [0, 0.05) is 25.9 Å². The van der Waals surface area contributed by atoms with E-state index in [1.54, 1.807) is 9.80 Å². The van der Waals surface area contributed by atoms with Crippen LogP contribution in [0.5, 0.6) is 5.75 Å². The van der Waals surface area contributed by atoms with Crippen LogP contribution in [-0.4, -0.2) is 77.8 Å². The lowest BCUT2D eigenvalue weighted by Crippen LogP contribution is -2.53. The van der Waals surface area contributed by atoms with Crippen LogP contribution in [0.25, 0.3) is 0 Å². The molecule has 4 rings (SSSR count). The number of rotatable bonds is 2. The molecule has 0 atom stereocenters. The average Bonchev–Trinajstić information content (AvgIpc) is 2.79. The van der Waals surface area contributed by atoms with Crippen LogP contribution in [0.2, 0.25) is 0 Å². The van der Waals surface area contributed by atoms with Crippen LogP contribution in [-0.2, 0) is 9.53 Å². The van der Waals surface area contributed by atoms with E-state index in [0.29, 0.717) is 69.8 Å². The van der Waals surface area contributed by atoms with Gasteiger partial charge >= 0.3 is 0 Å². The summed E-state index contributed by atoms with van der Waals surface area (Å²) in [5, 5.41) is 9.68. The summed E-state index contributed by atoms with van der Waals surface area (Å²) in [6.45, 7) is 4.60. The minimum absolute atomic E-state index is 0.0360. The molecule has 0 aliphatic carbocycles. The first kappa shape index (κ1) is 19.2. The van der Waals surface area contributed by atoms with E-state index in [2.05, 4.69) is 0 Å². The van der Waals surface area contributed by atoms with E-state index in [-0.39, 0.29) is 24.5 Å². The van der Waals surface area contributed by atoms with Gasteiger partial charge in [0.2, 0.25) is 5.91 Å². The topological polar surface area (TPSA) is 79.3 Å². The zero-order chi connectivity index (χ0) is 19.7. The molecule has 0 bridgehead atoms. The lowest BCUT2D eigenvalue weighted by Gasteiger charge is -2.39. The molecular weight excluding hydrogens is 360 g/mol. The molecule has 1 N–H and O–H groups in total. The van der Waals surface area contributed by atoms with Crippen molar-refractivity contribution < 1.29 is 24.2 Å². The fourth-order valence-corrected chi connectivity index (χ4v) is 4.27. The molecule has 28 heavy (non-hydrogen) atoms. The minimum Gasteiger partial charge on any atom is -0.484 e. The SMILES string of the molecule is Cc1ccc2c(c1)C(=O)N(CC(=O)N1CCC(O)CC1)CC1(CCOCC1)O2. The van der Waals surface area contributed by atoms with Crippen LogP contribution in [0.1, 0.15) is 41.6 Å². The highest BCUT2D eigenvalue weighted by Gasteiger charge is 2.42. The van der Waals surface area contributed by atoms with E-state index in [9.17, 15) is 14.7 Å². The Kier molecular flexibility index (Phi) is 5.29. The summed E-state index contributed by atoms with van der Waals surface area (Å²) in [7, 11) is 0. The van der Waals surface area contributed by atoms with E-state index < -0.39 is 5.60 Å². The van der Waals surface area contributed by atoms with E-state index >= 15 is 0 Å². The minimum atomic E-state index is -0.521.